The fraction of sp³-hybridized carbons (Fsp3) is 0.176. The minimum absolute atomic E-state index is 0.257. The third-order valence-electron chi connectivity index (χ3n) is 3.44. The molecule has 0 aliphatic rings. The number of nitrogens with one attached hydrogen (secondary N) is 2. The molecule has 1 amide bonds. The minimum Gasteiger partial charge on any atom is -0.343 e. The Morgan fingerprint density at radius 3 is 2.92 bits per heavy atom. The first-order valence-electron chi connectivity index (χ1n) is 7.40. The van der Waals surface area contributed by atoms with Crippen LogP contribution in [0.3, 0.4) is 0 Å². The molecule has 7 heteroatoms. The highest BCUT2D eigenvalue weighted by atomic mass is 32.1. The molecule has 0 saturated heterocycles. The van der Waals surface area contributed by atoms with E-state index >= 15 is 0 Å². The van der Waals surface area contributed by atoms with E-state index < -0.39 is 0 Å². The standard InChI is InChI=1S/C17H16N4O2S/c1-10-6-13(7-15(22)19-10)16(23)20-11(2)17-21-14(9-24-17)12-4-3-5-18-8-12/h3-9,11H,1-2H3,(H,19,22)(H,20,23). The van der Waals surface area contributed by atoms with Gasteiger partial charge in [0.05, 0.1) is 11.7 Å². The number of rotatable bonds is 4. The van der Waals surface area contributed by atoms with Gasteiger partial charge in [-0.05, 0) is 32.0 Å². The first-order valence-corrected chi connectivity index (χ1v) is 8.28. The molecule has 0 fully saturated rings. The summed E-state index contributed by atoms with van der Waals surface area (Å²) in [6, 6.07) is 6.47. The first kappa shape index (κ1) is 16.1. The number of hydrogen-bond donors (Lipinski definition) is 2. The van der Waals surface area contributed by atoms with E-state index in [0.717, 1.165) is 16.3 Å². The third-order valence-corrected chi connectivity index (χ3v) is 4.47. The Kier molecular flexibility index (Phi) is 4.52. The smallest absolute Gasteiger partial charge is 0.252 e. The lowest BCUT2D eigenvalue weighted by Gasteiger charge is -2.11. The van der Waals surface area contributed by atoms with Crippen LogP contribution in [-0.2, 0) is 0 Å². The van der Waals surface area contributed by atoms with Gasteiger partial charge in [-0.2, -0.15) is 0 Å². The molecule has 6 nitrogen and oxygen atoms in total. The molecule has 1 atom stereocenters. The Balaban J connectivity index is 1.75. The maximum atomic E-state index is 12.3. The van der Waals surface area contributed by atoms with Crippen LogP contribution in [0.1, 0.15) is 34.0 Å². The average Bonchev–Trinajstić information content (AvgIpc) is 3.05. The molecule has 0 aliphatic carbocycles. The fourth-order valence-electron chi connectivity index (χ4n) is 2.29. The maximum Gasteiger partial charge on any atom is 0.252 e. The summed E-state index contributed by atoms with van der Waals surface area (Å²) in [5.74, 6) is -0.296. The highest BCUT2D eigenvalue weighted by Crippen LogP contribution is 2.24. The molecule has 0 saturated carbocycles. The number of nitrogens with zero attached hydrogens (tertiary/aromatic N) is 2. The zero-order valence-corrected chi connectivity index (χ0v) is 14.1. The summed E-state index contributed by atoms with van der Waals surface area (Å²) in [6.07, 6.45) is 3.46. The van der Waals surface area contributed by atoms with Crippen molar-refractivity contribution in [2.75, 3.05) is 0 Å². The number of carbonyl (C=O) groups is 1. The van der Waals surface area contributed by atoms with E-state index in [1.165, 1.54) is 17.4 Å². The summed E-state index contributed by atoms with van der Waals surface area (Å²) in [5, 5.41) is 5.60. The van der Waals surface area contributed by atoms with Crippen LogP contribution in [0.5, 0.6) is 0 Å². The number of hydrogen-bond acceptors (Lipinski definition) is 5. The minimum atomic E-state index is -0.296. The van der Waals surface area contributed by atoms with Crippen LogP contribution >= 0.6 is 11.3 Å². The normalized spacial score (nSPS) is 11.9. The molecule has 0 aliphatic heterocycles. The predicted octanol–water partition coefficient (Wildman–Crippen LogP) is 2.69. The number of pyridine rings is 2. The van der Waals surface area contributed by atoms with E-state index in [-0.39, 0.29) is 17.5 Å². The van der Waals surface area contributed by atoms with Gasteiger partial charge in [0.25, 0.3) is 5.91 Å². The van der Waals surface area contributed by atoms with Crippen LogP contribution in [0, 0.1) is 6.92 Å². The van der Waals surface area contributed by atoms with Crippen molar-refractivity contribution >= 4 is 17.2 Å². The van der Waals surface area contributed by atoms with Gasteiger partial charge in [0.1, 0.15) is 5.01 Å². The molecule has 0 bridgehead atoms. The Morgan fingerprint density at radius 1 is 1.38 bits per heavy atom. The van der Waals surface area contributed by atoms with Crippen molar-refractivity contribution in [3.05, 3.63) is 68.7 Å². The molecule has 2 N–H and O–H groups in total. The number of thiazole rings is 1. The molecule has 0 spiro atoms. The van der Waals surface area contributed by atoms with Crippen LogP contribution in [0.25, 0.3) is 11.3 Å². The quantitative estimate of drug-likeness (QED) is 0.764. The highest BCUT2D eigenvalue weighted by molar-refractivity contribution is 7.10. The Labute approximate surface area is 142 Å². The number of H-pyrrole nitrogens is 1. The lowest BCUT2D eigenvalue weighted by Crippen LogP contribution is -2.27. The van der Waals surface area contributed by atoms with Gasteiger partial charge in [0.2, 0.25) is 5.56 Å². The van der Waals surface area contributed by atoms with Gasteiger partial charge in [-0.3, -0.25) is 14.6 Å². The van der Waals surface area contributed by atoms with E-state index in [4.69, 9.17) is 0 Å². The lowest BCUT2D eigenvalue weighted by atomic mass is 10.2. The molecular weight excluding hydrogens is 324 g/mol. The molecule has 3 rings (SSSR count). The second kappa shape index (κ2) is 6.76. The number of aryl methyl sites for hydroxylation is 1. The topological polar surface area (TPSA) is 87.7 Å². The van der Waals surface area contributed by atoms with E-state index in [0.29, 0.717) is 11.3 Å². The summed E-state index contributed by atoms with van der Waals surface area (Å²) in [6.45, 7) is 3.60. The number of amides is 1. The van der Waals surface area contributed by atoms with Crippen LogP contribution in [-0.4, -0.2) is 20.9 Å². The van der Waals surface area contributed by atoms with Crippen molar-refractivity contribution in [1.29, 1.82) is 0 Å². The van der Waals surface area contributed by atoms with Crippen molar-refractivity contribution < 1.29 is 4.79 Å². The average molecular weight is 340 g/mol. The van der Waals surface area contributed by atoms with Crippen molar-refractivity contribution in [3.8, 4) is 11.3 Å². The zero-order chi connectivity index (χ0) is 17.1. The van der Waals surface area contributed by atoms with Crippen LogP contribution in [0.15, 0.2) is 46.8 Å². The second-order valence-corrected chi connectivity index (χ2v) is 6.31. The Bertz CT molecular complexity index is 918. The fourth-order valence-corrected chi connectivity index (χ4v) is 3.12. The maximum absolute atomic E-state index is 12.3. The molecule has 1 unspecified atom stereocenters. The largest absolute Gasteiger partial charge is 0.343 e. The van der Waals surface area contributed by atoms with Gasteiger partial charge in [0, 0.05) is 40.7 Å². The molecule has 24 heavy (non-hydrogen) atoms. The van der Waals surface area contributed by atoms with Gasteiger partial charge < -0.3 is 10.3 Å². The molecular formula is C17H16N4O2S. The Hall–Kier alpha value is -2.80. The van der Waals surface area contributed by atoms with Crippen LogP contribution in [0.4, 0.5) is 0 Å². The monoisotopic (exact) mass is 340 g/mol. The summed E-state index contributed by atoms with van der Waals surface area (Å²) < 4.78 is 0. The van der Waals surface area contributed by atoms with Crippen molar-refractivity contribution in [3.63, 3.8) is 0 Å². The van der Waals surface area contributed by atoms with Gasteiger partial charge in [-0.1, -0.05) is 0 Å². The number of aromatic nitrogens is 3. The highest BCUT2D eigenvalue weighted by Gasteiger charge is 2.16. The number of aromatic amines is 1. The van der Waals surface area contributed by atoms with Gasteiger partial charge >= 0.3 is 0 Å². The van der Waals surface area contributed by atoms with Crippen molar-refractivity contribution in [1.82, 2.24) is 20.3 Å². The molecule has 0 aromatic carbocycles. The third kappa shape index (κ3) is 3.57. The van der Waals surface area contributed by atoms with E-state index in [2.05, 4.69) is 20.3 Å². The van der Waals surface area contributed by atoms with Gasteiger partial charge in [-0.25, -0.2) is 4.98 Å². The summed E-state index contributed by atoms with van der Waals surface area (Å²) >= 11 is 1.47. The SMILES string of the molecule is Cc1cc(C(=O)NC(C)c2nc(-c3cccnc3)cs2)cc(=O)[nH]1. The zero-order valence-electron chi connectivity index (χ0n) is 13.2. The second-order valence-electron chi connectivity index (χ2n) is 5.42. The molecule has 122 valence electrons. The summed E-state index contributed by atoms with van der Waals surface area (Å²) in [7, 11) is 0. The van der Waals surface area contributed by atoms with Crippen LogP contribution in [0.2, 0.25) is 0 Å². The van der Waals surface area contributed by atoms with Crippen LogP contribution < -0.4 is 10.9 Å². The number of carbonyl (C=O) groups excluding carboxylic acids is 1. The lowest BCUT2D eigenvalue weighted by molar-refractivity contribution is 0.0939. The van der Waals surface area contributed by atoms with Gasteiger partial charge in [-0.15, -0.1) is 11.3 Å². The van der Waals surface area contributed by atoms with Crippen molar-refractivity contribution in [2.45, 2.75) is 19.9 Å². The van der Waals surface area contributed by atoms with E-state index in [9.17, 15) is 9.59 Å². The molecule has 3 aromatic rings. The molecule has 3 aromatic heterocycles. The summed E-state index contributed by atoms with van der Waals surface area (Å²) in [4.78, 5) is 35.1. The van der Waals surface area contributed by atoms with Gasteiger partial charge in [0.15, 0.2) is 0 Å². The van der Waals surface area contributed by atoms with Crippen molar-refractivity contribution in [2.24, 2.45) is 0 Å². The predicted molar refractivity (Wildman–Crippen MR) is 93.0 cm³/mol. The molecule has 0 radical (unpaired) electrons. The Morgan fingerprint density at radius 2 is 2.21 bits per heavy atom. The van der Waals surface area contributed by atoms with E-state index in [1.807, 2.05) is 24.4 Å². The van der Waals surface area contributed by atoms with E-state index in [1.54, 1.807) is 25.4 Å². The first-order chi connectivity index (χ1) is 11.5. The summed E-state index contributed by atoms with van der Waals surface area (Å²) in [5.41, 5.74) is 2.46. The molecule has 3 heterocycles.